The highest BCUT2D eigenvalue weighted by Crippen LogP contribution is 1.97. The Morgan fingerprint density at radius 3 is 2.92 bits per heavy atom. The minimum absolute atomic E-state index is 0.345. The molecule has 1 rings (SSSR count). The second-order valence-corrected chi connectivity index (χ2v) is 2.19. The van der Waals surface area contributed by atoms with Gasteiger partial charge in [0.1, 0.15) is 0 Å². The zero-order chi connectivity index (χ0) is 9.68. The summed E-state index contributed by atoms with van der Waals surface area (Å²) in [6, 6.07) is 3.05. The molecule has 0 spiro atoms. The molecule has 6 nitrogen and oxygen atoms in total. The van der Waals surface area contributed by atoms with Gasteiger partial charge in [-0.25, -0.2) is 5.84 Å². The number of amides is 1. The summed E-state index contributed by atoms with van der Waals surface area (Å²) in [5.41, 5.74) is 2.77. The van der Waals surface area contributed by atoms with Crippen LogP contribution < -0.4 is 11.3 Å². The molecule has 13 heavy (non-hydrogen) atoms. The number of carbonyl (C=O) groups is 1. The molecule has 68 valence electrons. The minimum atomic E-state index is -0.417. The smallest absolute Gasteiger partial charge is 0.266 e. The first-order valence-electron chi connectivity index (χ1n) is 3.42. The number of oxime groups is 1. The zero-order valence-electron chi connectivity index (χ0n) is 6.64. The molecular formula is C7H8N4O2. The number of nitrogens with two attached hydrogens (primary N) is 1. The predicted octanol–water partition coefficient (Wildman–Crippen LogP) is -0.507. The van der Waals surface area contributed by atoms with Gasteiger partial charge in [-0.15, -0.1) is 0 Å². The van der Waals surface area contributed by atoms with Crippen LogP contribution in [0.1, 0.15) is 16.1 Å². The molecule has 0 aliphatic rings. The van der Waals surface area contributed by atoms with E-state index in [1.807, 2.05) is 5.43 Å². The van der Waals surface area contributed by atoms with Crippen LogP contribution in [0.4, 0.5) is 0 Å². The van der Waals surface area contributed by atoms with E-state index in [1.54, 1.807) is 0 Å². The molecule has 6 heteroatoms. The van der Waals surface area contributed by atoms with Crippen molar-refractivity contribution in [3.8, 4) is 0 Å². The van der Waals surface area contributed by atoms with Gasteiger partial charge in [-0.1, -0.05) is 5.16 Å². The number of rotatable bonds is 2. The van der Waals surface area contributed by atoms with E-state index in [9.17, 15) is 4.79 Å². The van der Waals surface area contributed by atoms with Gasteiger partial charge in [-0.2, -0.15) is 0 Å². The summed E-state index contributed by atoms with van der Waals surface area (Å²) in [7, 11) is 0. The van der Waals surface area contributed by atoms with Crippen molar-refractivity contribution in [3.05, 3.63) is 29.6 Å². The molecule has 1 aromatic rings. The van der Waals surface area contributed by atoms with E-state index in [0.717, 1.165) is 6.21 Å². The van der Waals surface area contributed by atoms with E-state index in [4.69, 9.17) is 11.0 Å². The lowest BCUT2D eigenvalue weighted by Crippen LogP contribution is -2.30. The molecule has 0 bridgehead atoms. The molecule has 0 aliphatic heterocycles. The fourth-order valence-electron chi connectivity index (χ4n) is 0.758. The van der Waals surface area contributed by atoms with Gasteiger partial charge in [0.05, 0.1) is 17.5 Å². The van der Waals surface area contributed by atoms with Crippen molar-refractivity contribution in [1.29, 1.82) is 0 Å². The summed E-state index contributed by atoms with van der Waals surface area (Å²) in [6.07, 6.45) is 2.49. The average Bonchev–Trinajstić information content (AvgIpc) is 2.18. The number of hydrogen-bond acceptors (Lipinski definition) is 5. The van der Waals surface area contributed by atoms with Gasteiger partial charge in [-0.3, -0.25) is 15.2 Å². The van der Waals surface area contributed by atoms with Crippen LogP contribution in [0.5, 0.6) is 0 Å². The third-order valence-corrected chi connectivity index (χ3v) is 1.37. The molecule has 0 atom stereocenters. The normalized spacial score (nSPS) is 10.2. The summed E-state index contributed by atoms with van der Waals surface area (Å²) in [4.78, 5) is 14.7. The van der Waals surface area contributed by atoms with E-state index in [1.165, 1.54) is 18.3 Å². The van der Waals surface area contributed by atoms with E-state index >= 15 is 0 Å². The number of hydrazine groups is 1. The Labute approximate surface area is 74.0 Å². The number of nitrogens with zero attached hydrogens (tertiary/aromatic N) is 2. The molecule has 0 saturated heterocycles. The van der Waals surface area contributed by atoms with Crippen LogP contribution in [0.25, 0.3) is 0 Å². The molecule has 0 saturated carbocycles. The fourth-order valence-corrected chi connectivity index (χ4v) is 0.758. The molecule has 0 radical (unpaired) electrons. The third kappa shape index (κ3) is 2.24. The number of nitrogens with one attached hydrogen (secondary N) is 1. The average molecular weight is 180 g/mol. The van der Waals surface area contributed by atoms with Crippen molar-refractivity contribution < 1.29 is 10.0 Å². The standard InChI is InChI=1S/C7H8N4O2/c8-11-7(12)5-1-2-6(4-10-13)9-3-5/h1-4,13H,8H2,(H,11,12)/b10-4-. The molecule has 1 heterocycles. The molecule has 4 N–H and O–H groups in total. The maximum atomic E-state index is 10.9. The summed E-state index contributed by atoms with van der Waals surface area (Å²) in [6.45, 7) is 0. The lowest BCUT2D eigenvalue weighted by atomic mass is 10.2. The molecule has 0 aromatic carbocycles. The maximum absolute atomic E-state index is 10.9. The Balaban J connectivity index is 2.87. The first-order valence-corrected chi connectivity index (χ1v) is 3.42. The van der Waals surface area contributed by atoms with E-state index < -0.39 is 5.91 Å². The van der Waals surface area contributed by atoms with Crippen molar-refractivity contribution in [1.82, 2.24) is 10.4 Å². The third-order valence-electron chi connectivity index (χ3n) is 1.37. The topological polar surface area (TPSA) is 101 Å². The second kappa shape index (κ2) is 4.17. The minimum Gasteiger partial charge on any atom is -0.411 e. The monoisotopic (exact) mass is 180 g/mol. The Kier molecular flexibility index (Phi) is 2.93. The van der Waals surface area contributed by atoms with E-state index in [2.05, 4.69) is 10.1 Å². The quantitative estimate of drug-likeness (QED) is 0.187. The number of carbonyl (C=O) groups excluding carboxylic acids is 1. The van der Waals surface area contributed by atoms with Crippen molar-refractivity contribution in [3.63, 3.8) is 0 Å². The summed E-state index contributed by atoms with van der Waals surface area (Å²) < 4.78 is 0. The lowest BCUT2D eigenvalue weighted by Gasteiger charge is -1.97. The summed E-state index contributed by atoms with van der Waals surface area (Å²) >= 11 is 0. The van der Waals surface area contributed by atoms with Gasteiger partial charge in [0.25, 0.3) is 5.91 Å². The predicted molar refractivity (Wildman–Crippen MR) is 45.3 cm³/mol. The van der Waals surface area contributed by atoms with Gasteiger partial charge in [0.2, 0.25) is 0 Å². The Morgan fingerprint density at radius 2 is 2.46 bits per heavy atom. The number of pyridine rings is 1. The SMILES string of the molecule is NNC(=O)c1ccc(/C=N\O)nc1. The van der Waals surface area contributed by atoms with Crippen LogP contribution in [0.15, 0.2) is 23.5 Å². The van der Waals surface area contributed by atoms with Gasteiger partial charge >= 0.3 is 0 Å². The zero-order valence-corrected chi connectivity index (χ0v) is 6.64. The maximum Gasteiger partial charge on any atom is 0.266 e. The molecule has 0 unspecified atom stereocenters. The largest absolute Gasteiger partial charge is 0.411 e. The van der Waals surface area contributed by atoms with Gasteiger partial charge in [0.15, 0.2) is 0 Å². The van der Waals surface area contributed by atoms with Crippen LogP contribution in [0.2, 0.25) is 0 Å². The van der Waals surface area contributed by atoms with Crippen molar-refractivity contribution >= 4 is 12.1 Å². The van der Waals surface area contributed by atoms with Crippen LogP contribution in [-0.4, -0.2) is 22.3 Å². The highest BCUT2D eigenvalue weighted by molar-refractivity contribution is 5.93. The summed E-state index contributed by atoms with van der Waals surface area (Å²) in [5, 5.41) is 11.0. The van der Waals surface area contributed by atoms with Crippen molar-refractivity contribution in [2.45, 2.75) is 0 Å². The number of nitrogen functional groups attached to an aromatic ring is 1. The fraction of sp³-hybridized carbons (Fsp3) is 0. The Hall–Kier alpha value is -1.95. The van der Waals surface area contributed by atoms with Crippen molar-refractivity contribution in [2.24, 2.45) is 11.0 Å². The number of hydrogen-bond donors (Lipinski definition) is 3. The first kappa shape index (κ1) is 9.14. The van der Waals surface area contributed by atoms with Gasteiger partial charge in [-0.05, 0) is 12.1 Å². The van der Waals surface area contributed by atoms with Gasteiger partial charge in [0, 0.05) is 6.20 Å². The molecule has 0 fully saturated rings. The molecule has 0 aliphatic carbocycles. The molecule has 1 amide bonds. The van der Waals surface area contributed by atoms with Gasteiger partial charge < -0.3 is 5.21 Å². The number of aromatic nitrogens is 1. The second-order valence-electron chi connectivity index (χ2n) is 2.19. The lowest BCUT2D eigenvalue weighted by molar-refractivity contribution is 0.0953. The van der Waals surface area contributed by atoms with Crippen LogP contribution in [0, 0.1) is 0 Å². The Morgan fingerprint density at radius 1 is 1.69 bits per heavy atom. The highest BCUT2D eigenvalue weighted by atomic mass is 16.4. The van der Waals surface area contributed by atoms with E-state index in [0.29, 0.717) is 11.3 Å². The first-order chi connectivity index (χ1) is 6.27. The van der Waals surface area contributed by atoms with Crippen LogP contribution in [-0.2, 0) is 0 Å². The summed E-state index contributed by atoms with van der Waals surface area (Å²) in [5.74, 6) is 4.49. The van der Waals surface area contributed by atoms with Crippen LogP contribution >= 0.6 is 0 Å². The molecular weight excluding hydrogens is 172 g/mol. The van der Waals surface area contributed by atoms with Crippen molar-refractivity contribution in [2.75, 3.05) is 0 Å². The van der Waals surface area contributed by atoms with E-state index in [-0.39, 0.29) is 0 Å². The molecule has 1 aromatic heterocycles. The Bertz CT molecular complexity index is 320. The highest BCUT2D eigenvalue weighted by Gasteiger charge is 2.02. The van der Waals surface area contributed by atoms with Crippen LogP contribution in [0.3, 0.4) is 0 Å².